The molecule has 4 N–H and O–H groups in total. The number of H-pyrrole nitrogens is 1. The first-order valence-corrected chi connectivity index (χ1v) is 10.5. The molecule has 35 heavy (non-hydrogen) atoms. The molecule has 0 saturated heterocycles. The van der Waals surface area contributed by atoms with Crippen LogP contribution in [-0.2, 0) is 12.8 Å². The molecule has 0 saturated carbocycles. The number of nitriles is 1. The Morgan fingerprint density at radius 2 is 2.00 bits per heavy atom. The van der Waals surface area contributed by atoms with E-state index in [-0.39, 0.29) is 29.5 Å². The average molecular weight is 472 g/mol. The lowest BCUT2D eigenvalue weighted by Gasteiger charge is -2.18. The molecule has 176 valence electrons. The lowest BCUT2D eigenvalue weighted by molar-refractivity contribution is 0.383. The number of amidine groups is 1. The van der Waals surface area contributed by atoms with E-state index in [0.717, 1.165) is 10.2 Å². The number of nitrogen functional groups attached to an aromatic ring is 1. The van der Waals surface area contributed by atoms with Crippen molar-refractivity contribution in [2.24, 2.45) is 5.73 Å². The van der Waals surface area contributed by atoms with Gasteiger partial charge in [0.05, 0.1) is 19.6 Å². The molecule has 4 rings (SSSR count). The summed E-state index contributed by atoms with van der Waals surface area (Å²) in [4.78, 5) is 23.6. The summed E-state index contributed by atoms with van der Waals surface area (Å²) >= 11 is 0. The molecule has 11 heteroatoms. The zero-order valence-electron chi connectivity index (χ0n) is 18.7. The smallest absolute Gasteiger partial charge is 0.350 e. The summed E-state index contributed by atoms with van der Waals surface area (Å²) in [6, 6.07) is 13.8. The Labute approximate surface area is 199 Å². The van der Waals surface area contributed by atoms with Crippen molar-refractivity contribution < 1.29 is 9.13 Å². The minimum Gasteiger partial charge on any atom is -0.494 e. The summed E-state index contributed by atoms with van der Waals surface area (Å²) < 4.78 is 21.0. The Balaban J connectivity index is 1.84. The third kappa shape index (κ3) is 4.91. The van der Waals surface area contributed by atoms with Gasteiger partial charge in [-0.3, -0.25) is 10.4 Å². The Morgan fingerprint density at radius 1 is 1.29 bits per heavy atom. The van der Waals surface area contributed by atoms with Crippen molar-refractivity contribution in [3.8, 4) is 17.8 Å². The highest BCUT2D eigenvalue weighted by Gasteiger charge is 2.24. The Bertz CT molecular complexity index is 1460. The van der Waals surface area contributed by atoms with Crippen LogP contribution in [0.4, 0.5) is 4.39 Å². The molecule has 2 heterocycles. The summed E-state index contributed by atoms with van der Waals surface area (Å²) in [5, 5.41) is 21.2. The highest BCUT2D eigenvalue weighted by molar-refractivity contribution is 5.94. The number of nitrogens with two attached hydrogens (primary N) is 1. The van der Waals surface area contributed by atoms with Gasteiger partial charge in [-0.2, -0.15) is 5.26 Å². The van der Waals surface area contributed by atoms with Gasteiger partial charge in [0.25, 0.3) is 5.95 Å². The minimum atomic E-state index is -0.612. The number of halogens is 1. The SMILES string of the molecule is COc1cc(C(Cc2ccc(C(=N)N)cc2)c2nn(-c3ncccn3)c(=O)[nH]2)cc(CC#N)c1F. The van der Waals surface area contributed by atoms with E-state index >= 15 is 0 Å². The van der Waals surface area contributed by atoms with Crippen LogP contribution in [-0.4, -0.2) is 37.7 Å². The number of aromatic nitrogens is 5. The first-order chi connectivity index (χ1) is 16.9. The first-order valence-electron chi connectivity index (χ1n) is 10.5. The molecule has 0 radical (unpaired) electrons. The molecule has 2 aromatic heterocycles. The second kappa shape index (κ2) is 9.96. The number of rotatable bonds is 8. The van der Waals surface area contributed by atoms with Crippen LogP contribution in [0.1, 0.15) is 34.0 Å². The van der Waals surface area contributed by atoms with Crippen LogP contribution in [0.25, 0.3) is 5.95 Å². The fraction of sp³-hybridized carbons (Fsp3) is 0.167. The number of nitrogens with one attached hydrogen (secondary N) is 2. The molecule has 0 amide bonds. The minimum absolute atomic E-state index is 0.0159. The van der Waals surface area contributed by atoms with E-state index in [1.165, 1.54) is 25.6 Å². The predicted octanol–water partition coefficient (Wildman–Crippen LogP) is 2.22. The van der Waals surface area contributed by atoms with Crippen LogP contribution in [0.5, 0.6) is 5.75 Å². The van der Waals surface area contributed by atoms with Crippen molar-refractivity contribution in [3.05, 3.63) is 99.2 Å². The number of nitrogens with zero attached hydrogens (tertiary/aromatic N) is 5. The van der Waals surface area contributed by atoms with Crippen molar-refractivity contribution >= 4 is 5.84 Å². The van der Waals surface area contributed by atoms with E-state index in [1.54, 1.807) is 24.3 Å². The van der Waals surface area contributed by atoms with E-state index in [4.69, 9.17) is 21.1 Å². The summed E-state index contributed by atoms with van der Waals surface area (Å²) in [6.07, 6.45) is 3.20. The molecular weight excluding hydrogens is 451 g/mol. The molecule has 0 aliphatic carbocycles. The summed E-state index contributed by atoms with van der Waals surface area (Å²) in [5.41, 5.74) is 7.22. The number of methoxy groups -OCH3 is 1. The van der Waals surface area contributed by atoms with Crippen LogP contribution in [0.2, 0.25) is 0 Å². The molecule has 0 bridgehead atoms. The van der Waals surface area contributed by atoms with Gasteiger partial charge in [0, 0.05) is 29.4 Å². The van der Waals surface area contributed by atoms with Crippen molar-refractivity contribution in [2.75, 3.05) is 7.11 Å². The maximum Gasteiger partial charge on any atom is 0.350 e. The van der Waals surface area contributed by atoms with Crippen molar-refractivity contribution in [2.45, 2.75) is 18.8 Å². The van der Waals surface area contributed by atoms with Gasteiger partial charge >= 0.3 is 5.69 Å². The number of hydrogen-bond acceptors (Lipinski definition) is 7. The second-order valence-electron chi connectivity index (χ2n) is 7.67. The van der Waals surface area contributed by atoms with Crippen molar-refractivity contribution in [3.63, 3.8) is 0 Å². The predicted molar refractivity (Wildman–Crippen MR) is 125 cm³/mol. The van der Waals surface area contributed by atoms with Gasteiger partial charge in [-0.05, 0) is 29.7 Å². The Morgan fingerprint density at radius 3 is 2.63 bits per heavy atom. The first kappa shape index (κ1) is 23.3. The maximum absolute atomic E-state index is 14.7. The number of ether oxygens (including phenoxy) is 1. The van der Waals surface area contributed by atoms with Gasteiger partial charge in [0.2, 0.25) is 0 Å². The molecule has 0 aliphatic heterocycles. The zero-order valence-corrected chi connectivity index (χ0v) is 18.7. The van der Waals surface area contributed by atoms with Gasteiger partial charge < -0.3 is 10.5 Å². The van der Waals surface area contributed by atoms with Crippen LogP contribution in [0, 0.1) is 22.6 Å². The van der Waals surface area contributed by atoms with Crippen molar-refractivity contribution in [1.29, 1.82) is 10.7 Å². The molecule has 0 fully saturated rings. The average Bonchev–Trinajstić information content (AvgIpc) is 3.26. The van der Waals surface area contributed by atoms with E-state index in [2.05, 4.69) is 20.1 Å². The molecular formula is C24H21FN8O2. The zero-order chi connectivity index (χ0) is 24.9. The molecule has 0 spiro atoms. The number of benzene rings is 2. The van der Waals surface area contributed by atoms with Crippen LogP contribution in [0.3, 0.4) is 0 Å². The van der Waals surface area contributed by atoms with E-state index < -0.39 is 17.4 Å². The van der Waals surface area contributed by atoms with Crippen LogP contribution in [0.15, 0.2) is 59.7 Å². The second-order valence-corrected chi connectivity index (χ2v) is 7.67. The monoisotopic (exact) mass is 472 g/mol. The summed E-state index contributed by atoms with van der Waals surface area (Å²) in [7, 11) is 1.34. The quantitative estimate of drug-likeness (QED) is 0.262. The molecule has 4 aromatic rings. The van der Waals surface area contributed by atoms with Crippen LogP contribution < -0.4 is 16.2 Å². The molecule has 2 aromatic carbocycles. The fourth-order valence-corrected chi connectivity index (χ4v) is 3.70. The number of hydrogen-bond donors (Lipinski definition) is 3. The topological polar surface area (TPSA) is 159 Å². The van der Waals surface area contributed by atoms with Gasteiger partial charge in [-0.1, -0.05) is 30.3 Å². The van der Waals surface area contributed by atoms with E-state index in [9.17, 15) is 9.18 Å². The van der Waals surface area contributed by atoms with Gasteiger partial charge in [-0.25, -0.2) is 19.2 Å². The summed E-state index contributed by atoms with van der Waals surface area (Å²) in [5.74, 6) is -0.816. The molecule has 1 atom stereocenters. The fourth-order valence-electron chi connectivity index (χ4n) is 3.70. The lowest BCUT2D eigenvalue weighted by atomic mass is 9.89. The van der Waals surface area contributed by atoms with Crippen molar-refractivity contribution in [1.82, 2.24) is 24.7 Å². The Hall–Kier alpha value is -4.85. The third-order valence-electron chi connectivity index (χ3n) is 5.44. The number of aromatic amines is 1. The molecule has 10 nitrogen and oxygen atoms in total. The van der Waals surface area contributed by atoms with Gasteiger partial charge in [0.15, 0.2) is 11.6 Å². The highest BCUT2D eigenvalue weighted by atomic mass is 19.1. The molecule has 0 aliphatic rings. The van der Waals surface area contributed by atoms with Crippen LogP contribution >= 0.6 is 0 Å². The van der Waals surface area contributed by atoms with Gasteiger partial charge in [-0.15, -0.1) is 9.78 Å². The largest absolute Gasteiger partial charge is 0.494 e. The Kier molecular flexibility index (Phi) is 6.64. The highest BCUT2D eigenvalue weighted by Crippen LogP contribution is 2.32. The third-order valence-corrected chi connectivity index (χ3v) is 5.44. The van der Waals surface area contributed by atoms with E-state index in [0.29, 0.717) is 23.4 Å². The maximum atomic E-state index is 14.7. The van der Waals surface area contributed by atoms with E-state index in [1.807, 2.05) is 18.2 Å². The van der Waals surface area contributed by atoms with Gasteiger partial charge in [0.1, 0.15) is 11.7 Å². The molecule has 1 unspecified atom stereocenters. The normalized spacial score (nSPS) is 11.6. The lowest BCUT2D eigenvalue weighted by Crippen LogP contribution is -2.18. The standard InChI is InChI=1S/C24H21FN8O2/c1-35-19-13-17(12-16(7-8-26)20(19)25)18(11-14-3-5-15(6-4-14)21(27)28)22-31-24(34)33(32-22)23-29-9-2-10-30-23/h2-6,9-10,12-13,18H,7,11H2,1H3,(H3,27,28)(H,31,32,34). The summed E-state index contributed by atoms with van der Waals surface area (Å²) in [6.45, 7) is 0.